The Morgan fingerprint density at radius 2 is 1.95 bits per heavy atom. The summed E-state index contributed by atoms with van der Waals surface area (Å²) in [4.78, 5) is 59.3. The molecule has 1 saturated carbocycles. The molecule has 1 aliphatic carbocycles. The fourth-order valence-electron chi connectivity index (χ4n) is 9.08. The molecule has 14 heteroatoms. The van der Waals surface area contributed by atoms with Crippen LogP contribution in [0.2, 0.25) is 0 Å². The van der Waals surface area contributed by atoms with Gasteiger partial charge in [-0.1, -0.05) is 32.1 Å². The number of fused-ring (bicyclic) bond motifs is 5. The number of carbonyl (C=O) groups is 2. The second-order valence-corrected chi connectivity index (χ2v) is 16.5. The molecule has 14 nitrogen and oxygen atoms in total. The number of amides is 1. The molecule has 1 spiro atoms. The number of anilines is 1. The molecular weight excluding hydrogens is 757 g/mol. The van der Waals surface area contributed by atoms with Crippen LogP contribution in [0.1, 0.15) is 93.5 Å². The van der Waals surface area contributed by atoms with Crippen LogP contribution in [0.25, 0.3) is 22.3 Å². The predicted molar refractivity (Wildman–Crippen MR) is 218 cm³/mol. The average molecular weight is 809 g/mol. The number of rotatable bonds is 12. The van der Waals surface area contributed by atoms with Crippen LogP contribution in [0.5, 0.6) is 5.75 Å². The molecule has 3 aliphatic heterocycles. The molecule has 3 unspecified atom stereocenters. The van der Waals surface area contributed by atoms with E-state index in [0.717, 1.165) is 41.3 Å². The Balaban J connectivity index is 0.956. The molecule has 5 atom stereocenters. The topological polar surface area (TPSA) is 160 Å². The smallest absolute Gasteiger partial charge is 0.411 e. The molecule has 8 rings (SSSR count). The number of hydrogen-bond donors (Lipinski definition) is 2. The van der Waals surface area contributed by atoms with Gasteiger partial charge in [-0.15, -0.1) is 6.58 Å². The predicted octanol–water partition coefficient (Wildman–Crippen LogP) is 7.56. The lowest BCUT2D eigenvalue weighted by Gasteiger charge is -2.36. The van der Waals surface area contributed by atoms with Crippen molar-refractivity contribution < 1.29 is 43.4 Å². The number of benzene rings is 2. The second-order valence-electron chi connectivity index (χ2n) is 16.5. The molecule has 4 aromatic rings. The third-order valence-corrected chi connectivity index (χ3v) is 12.2. The quantitative estimate of drug-likeness (QED) is 0.0725. The van der Waals surface area contributed by atoms with Crippen molar-refractivity contribution in [3.05, 3.63) is 99.4 Å². The number of pyridine rings is 2. The lowest BCUT2D eigenvalue weighted by Crippen LogP contribution is -2.46. The number of phenols is 1. The van der Waals surface area contributed by atoms with Gasteiger partial charge >= 0.3 is 12.1 Å². The summed E-state index contributed by atoms with van der Waals surface area (Å²) < 4.78 is 26.0. The van der Waals surface area contributed by atoms with Gasteiger partial charge in [-0.05, 0) is 95.1 Å². The summed E-state index contributed by atoms with van der Waals surface area (Å²) in [7, 11) is 3.87. The van der Waals surface area contributed by atoms with Crippen molar-refractivity contribution >= 4 is 28.7 Å². The SMILES string of the molecule is C=CCC(CC)[C@@]1(C)OO[C@@]2(CCCC(OC(=O)Nc3ccc(COC4(CC)C(=O)OCc5c4cc4n(c5=O)Cc5cc6c(CN(C)C)c(O)ccc6nc5-4)cc3)C2)O1. The van der Waals surface area contributed by atoms with E-state index in [1.165, 1.54) is 0 Å². The van der Waals surface area contributed by atoms with E-state index < -0.39 is 35.3 Å². The second kappa shape index (κ2) is 15.8. The van der Waals surface area contributed by atoms with Crippen molar-refractivity contribution in [3.63, 3.8) is 0 Å². The van der Waals surface area contributed by atoms with E-state index in [0.29, 0.717) is 66.1 Å². The Labute approximate surface area is 342 Å². The Kier molecular flexibility index (Phi) is 10.9. The Bertz CT molecular complexity index is 2360. The summed E-state index contributed by atoms with van der Waals surface area (Å²) in [5.74, 6) is -2.21. The molecule has 4 aliphatic rings. The maximum Gasteiger partial charge on any atom is 0.411 e. The minimum absolute atomic E-state index is 0.0278. The minimum Gasteiger partial charge on any atom is -0.508 e. The lowest BCUT2D eigenvalue weighted by atomic mass is 9.85. The molecule has 2 aromatic heterocycles. The van der Waals surface area contributed by atoms with E-state index in [4.69, 9.17) is 33.7 Å². The largest absolute Gasteiger partial charge is 0.508 e. The van der Waals surface area contributed by atoms with Gasteiger partial charge in [0.1, 0.15) is 18.5 Å². The number of ether oxygens (including phenoxy) is 4. The fraction of sp³-hybridized carbons (Fsp3) is 0.467. The molecule has 2 N–H and O–H groups in total. The van der Waals surface area contributed by atoms with Crippen LogP contribution in [-0.4, -0.2) is 63.4 Å². The summed E-state index contributed by atoms with van der Waals surface area (Å²) in [6.45, 7) is 10.3. The van der Waals surface area contributed by atoms with Crippen molar-refractivity contribution in [3.8, 4) is 17.1 Å². The van der Waals surface area contributed by atoms with Crippen molar-refractivity contribution in [2.24, 2.45) is 5.92 Å². The highest BCUT2D eigenvalue weighted by molar-refractivity contribution is 5.89. The highest BCUT2D eigenvalue weighted by Crippen LogP contribution is 2.48. The fourth-order valence-corrected chi connectivity index (χ4v) is 9.08. The number of cyclic esters (lactones) is 1. The summed E-state index contributed by atoms with van der Waals surface area (Å²) in [5, 5.41) is 14.3. The molecule has 312 valence electrons. The first-order valence-corrected chi connectivity index (χ1v) is 20.4. The normalized spacial score (nSPS) is 25.1. The van der Waals surface area contributed by atoms with Crippen LogP contribution in [0.3, 0.4) is 0 Å². The number of esters is 1. The maximum absolute atomic E-state index is 14.1. The number of hydrogen-bond acceptors (Lipinski definition) is 12. The summed E-state index contributed by atoms with van der Waals surface area (Å²) in [5.41, 5.74) is 3.83. The molecule has 2 fully saturated rings. The number of aromatic nitrogens is 2. The number of allylic oxidation sites excluding steroid dienone is 1. The van der Waals surface area contributed by atoms with E-state index in [1.54, 1.807) is 41.0 Å². The van der Waals surface area contributed by atoms with Gasteiger partial charge in [-0.2, -0.15) is 9.78 Å². The molecule has 0 radical (unpaired) electrons. The maximum atomic E-state index is 14.1. The van der Waals surface area contributed by atoms with Crippen LogP contribution in [0.4, 0.5) is 10.5 Å². The standard InChI is InChI=1S/C45H52N4O10/c1-7-11-29(8-2)43(4)57-44(59-58-43)19-10-12-31(22-44)56-42(53)46-30-15-13-27(14-16-30)25-55-45(9-3)35-21-37-39-28(23-49(37)40(51)34(35)26-54-41(45)52)20-32-33(24-48(5)6)38(50)18-17-36(32)47-39/h7,13-18,20-21,29,31,50H,1,8-12,19,22-26H2,2-6H3,(H,46,53)/t29?,31?,43-,44-,45?/m1/s1. The molecule has 59 heavy (non-hydrogen) atoms. The van der Waals surface area contributed by atoms with Crippen LogP contribution in [-0.2, 0) is 65.4 Å². The zero-order chi connectivity index (χ0) is 41.7. The lowest BCUT2D eigenvalue weighted by molar-refractivity contribution is -0.361. The van der Waals surface area contributed by atoms with Gasteiger partial charge in [0.2, 0.25) is 11.6 Å². The zero-order valence-electron chi connectivity index (χ0n) is 34.3. The molecule has 5 heterocycles. The van der Waals surface area contributed by atoms with E-state index in [1.807, 2.05) is 51.1 Å². The number of aromatic hydroxyl groups is 1. The van der Waals surface area contributed by atoms with E-state index >= 15 is 0 Å². The first-order valence-electron chi connectivity index (χ1n) is 20.4. The van der Waals surface area contributed by atoms with Gasteiger partial charge in [-0.3, -0.25) is 10.1 Å². The monoisotopic (exact) mass is 808 g/mol. The number of nitrogens with one attached hydrogen (secondary N) is 1. The summed E-state index contributed by atoms with van der Waals surface area (Å²) >= 11 is 0. The highest BCUT2D eigenvalue weighted by Gasteiger charge is 2.55. The van der Waals surface area contributed by atoms with E-state index in [2.05, 4.69) is 18.8 Å². The average Bonchev–Trinajstić information content (AvgIpc) is 3.74. The van der Waals surface area contributed by atoms with Gasteiger partial charge in [0.25, 0.3) is 5.56 Å². The van der Waals surface area contributed by atoms with Gasteiger partial charge in [0.05, 0.1) is 35.6 Å². The molecule has 1 saturated heterocycles. The van der Waals surface area contributed by atoms with Gasteiger partial charge in [-0.25, -0.2) is 14.6 Å². The number of carbonyl (C=O) groups excluding carboxylic acids is 2. The molecule has 1 amide bonds. The zero-order valence-corrected chi connectivity index (χ0v) is 34.3. The van der Waals surface area contributed by atoms with Crippen LogP contribution >= 0.6 is 0 Å². The first kappa shape index (κ1) is 40.7. The highest BCUT2D eigenvalue weighted by atomic mass is 17.3. The summed E-state index contributed by atoms with van der Waals surface area (Å²) in [6, 6.07) is 14.3. The third-order valence-electron chi connectivity index (χ3n) is 12.2. The molecule has 0 bridgehead atoms. The third kappa shape index (κ3) is 7.41. The molecular formula is C45H52N4O10. The summed E-state index contributed by atoms with van der Waals surface area (Å²) in [6.07, 6.45) is 4.98. The minimum atomic E-state index is -1.54. The Hall–Kier alpha value is -5.12. The van der Waals surface area contributed by atoms with Crippen molar-refractivity contribution in [2.75, 3.05) is 19.4 Å². The van der Waals surface area contributed by atoms with Crippen LogP contribution < -0.4 is 10.9 Å². The van der Waals surface area contributed by atoms with Crippen LogP contribution in [0.15, 0.2) is 66.0 Å². The van der Waals surface area contributed by atoms with Crippen molar-refractivity contribution in [2.45, 2.75) is 115 Å². The first-order chi connectivity index (χ1) is 28.3. The van der Waals surface area contributed by atoms with Crippen molar-refractivity contribution in [1.82, 2.24) is 14.5 Å². The number of phenolic OH excluding ortho intramolecular Hbond substituents is 1. The Morgan fingerprint density at radius 3 is 2.68 bits per heavy atom. The van der Waals surface area contributed by atoms with Gasteiger partial charge in [0.15, 0.2) is 5.60 Å². The van der Waals surface area contributed by atoms with Gasteiger partial charge < -0.3 is 33.5 Å². The van der Waals surface area contributed by atoms with E-state index in [9.17, 15) is 19.5 Å². The molecule has 2 aromatic carbocycles. The van der Waals surface area contributed by atoms with E-state index in [-0.39, 0.29) is 36.9 Å². The Morgan fingerprint density at radius 1 is 1.15 bits per heavy atom. The van der Waals surface area contributed by atoms with Crippen molar-refractivity contribution in [1.29, 1.82) is 0 Å². The van der Waals surface area contributed by atoms with Gasteiger partial charge in [0, 0.05) is 53.1 Å². The van der Waals surface area contributed by atoms with Crippen LogP contribution in [0, 0.1) is 5.92 Å². The number of nitrogens with zero attached hydrogens (tertiary/aromatic N) is 3.